The van der Waals surface area contributed by atoms with E-state index in [9.17, 15) is 0 Å². The summed E-state index contributed by atoms with van der Waals surface area (Å²) in [7, 11) is -2.55. The van der Waals surface area contributed by atoms with Gasteiger partial charge in [-0.3, -0.25) is 0 Å². The lowest BCUT2D eigenvalue weighted by Gasteiger charge is -2.33. The van der Waals surface area contributed by atoms with Crippen LogP contribution in [0.25, 0.3) is 0 Å². The predicted molar refractivity (Wildman–Crippen MR) is 67.1 cm³/mol. The van der Waals surface area contributed by atoms with Crippen LogP contribution in [0.15, 0.2) is 0 Å². The minimum Gasteiger partial charge on any atom is -0.374 e. The van der Waals surface area contributed by atoms with Gasteiger partial charge in [0.2, 0.25) is 0 Å². The van der Waals surface area contributed by atoms with Gasteiger partial charge in [-0.05, 0) is 20.8 Å². The van der Waals surface area contributed by atoms with Crippen molar-refractivity contribution in [3.63, 3.8) is 0 Å². The minimum atomic E-state index is -2.55. The Bertz CT molecular complexity index is 155. The van der Waals surface area contributed by atoms with Gasteiger partial charge in [0.25, 0.3) is 0 Å². The summed E-state index contributed by atoms with van der Waals surface area (Å²) < 4.78 is 17.3. The van der Waals surface area contributed by atoms with Crippen LogP contribution in [-0.2, 0) is 13.3 Å². The Labute approximate surface area is 100 Å². The highest BCUT2D eigenvalue weighted by atomic mass is 28.4. The highest BCUT2D eigenvalue weighted by molar-refractivity contribution is 6.62. The molecule has 1 atom stereocenters. The van der Waals surface area contributed by atoms with E-state index in [4.69, 9.17) is 19.0 Å². The monoisotopic (exact) mass is 250 g/mol. The Morgan fingerprint density at radius 3 is 1.81 bits per heavy atom. The molecule has 0 saturated carbocycles. The van der Waals surface area contributed by atoms with Crippen molar-refractivity contribution < 1.29 is 13.3 Å². The van der Waals surface area contributed by atoms with Crippen LogP contribution in [0.1, 0.15) is 27.7 Å². The zero-order chi connectivity index (χ0) is 12.4. The number of nitrogens with one attached hydrogen (secondary N) is 1. The van der Waals surface area contributed by atoms with Crippen LogP contribution in [0.4, 0.5) is 0 Å². The molecule has 0 amide bonds. The van der Waals surface area contributed by atoms with Gasteiger partial charge in [-0.2, -0.15) is 0 Å². The molecule has 0 bridgehead atoms. The Hall–Kier alpha value is 0.0169. The molecule has 0 rings (SSSR count). The summed E-state index contributed by atoms with van der Waals surface area (Å²) in [6.07, 6.45) is 0. The lowest BCUT2D eigenvalue weighted by atomic mass is 10.5. The molecule has 5 nitrogen and oxygen atoms in total. The fourth-order valence-electron chi connectivity index (χ4n) is 1.58. The maximum Gasteiger partial charge on any atom is 0.505 e. The second-order valence-electron chi connectivity index (χ2n) is 3.46. The van der Waals surface area contributed by atoms with Gasteiger partial charge >= 0.3 is 8.80 Å². The van der Waals surface area contributed by atoms with E-state index in [-0.39, 0.29) is 5.54 Å². The molecule has 98 valence electrons. The normalized spacial score (nSPS) is 14.1. The van der Waals surface area contributed by atoms with Crippen LogP contribution in [0.5, 0.6) is 0 Å². The van der Waals surface area contributed by atoms with E-state index in [0.29, 0.717) is 26.5 Å². The Morgan fingerprint density at radius 1 is 1.06 bits per heavy atom. The topological polar surface area (TPSA) is 65.7 Å². The average Bonchev–Trinajstić information content (AvgIpc) is 2.26. The van der Waals surface area contributed by atoms with Crippen LogP contribution in [0.3, 0.4) is 0 Å². The summed E-state index contributed by atoms with van der Waals surface area (Å²) in [5.41, 5.74) is 5.63. The SMILES string of the molecule is CCO[Si](OCC)(OCC)C(C)CNCN. The fourth-order valence-corrected chi connectivity index (χ4v) is 4.29. The van der Waals surface area contributed by atoms with Crippen LogP contribution < -0.4 is 11.1 Å². The summed E-state index contributed by atoms with van der Waals surface area (Å²) in [6, 6.07) is 0. The van der Waals surface area contributed by atoms with E-state index in [0.717, 1.165) is 6.54 Å². The van der Waals surface area contributed by atoms with Crippen molar-refractivity contribution in [3.8, 4) is 0 Å². The zero-order valence-corrected chi connectivity index (χ0v) is 11.9. The highest BCUT2D eigenvalue weighted by Crippen LogP contribution is 2.24. The molecular formula is C10H26N2O3Si. The Kier molecular flexibility index (Phi) is 9.10. The predicted octanol–water partition coefficient (Wildman–Crippen LogP) is 0.931. The molecule has 16 heavy (non-hydrogen) atoms. The van der Waals surface area contributed by atoms with Crippen LogP contribution in [0, 0.1) is 0 Å². The van der Waals surface area contributed by atoms with Crippen LogP contribution in [0.2, 0.25) is 5.54 Å². The van der Waals surface area contributed by atoms with Crippen LogP contribution >= 0.6 is 0 Å². The van der Waals surface area contributed by atoms with Crippen molar-refractivity contribution in [2.75, 3.05) is 33.0 Å². The summed E-state index contributed by atoms with van der Waals surface area (Å²) in [5.74, 6) is 0. The molecule has 0 aromatic carbocycles. The number of hydrogen-bond donors (Lipinski definition) is 2. The van der Waals surface area contributed by atoms with Gasteiger partial charge in [-0.15, -0.1) is 0 Å². The standard InChI is InChI=1S/C10H26N2O3Si/c1-5-13-16(14-6-2,15-7-3)10(4)8-12-9-11/h10,12H,5-9,11H2,1-4H3. The van der Waals surface area contributed by atoms with Gasteiger partial charge in [0, 0.05) is 38.6 Å². The van der Waals surface area contributed by atoms with Crippen molar-refractivity contribution in [1.82, 2.24) is 5.32 Å². The number of rotatable bonds is 10. The van der Waals surface area contributed by atoms with E-state index in [1.807, 2.05) is 20.8 Å². The second-order valence-corrected chi connectivity index (χ2v) is 6.52. The summed E-state index contributed by atoms with van der Waals surface area (Å²) in [4.78, 5) is 0. The number of nitrogens with two attached hydrogens (primary N) is 1. The van der Waals surface area contributed by atoms with Crippen molar-refractivity contribution in [3.05, 3.63) is 0 Å². The molecule has 0 aliphatic carbocycles. The lowest BCUT2D eigenvalue weighted by Crippen LogP contribution is -2.52. The van der Waals surface area contributed by atoms with E-state index in [1.54, 1.807) is 0 Å². The first-order valence-electron chi connectivity index (χ1n) is 5.99. The molecule has 0 spiro atoms. The molecule has 6 heteroatoms. The van der Waals surface area contributed by atoms with Gasteiger partial charge < -0.3 is 24.3 Å². The Morgan fingerprint density at radius 2 is 1.50 bits per heavy atom. The zero-order valence-electron chi connectivity index (χ0n) is 10.9. The van der Waals surface area contributed by atoms with E-state index < -0.39 is 8.80 Å². The fraction of sp³-hybridized carbons (Fsp3) is 1.00. The molecular weight excluding hydrogens is 224 g/mol. The number of hydrogen-bond acceptors (Lipinski definition) is 5. The minimum absolute atomic E-state index is 0.205. The quantitative estimate of drug-likeness (QED) is 0.446. The molecule has 0 aliphatic rings. The van der Waals surface area contributed by atoms with Gasteiger partial charge in [0.1, 0.15) is 0 Å². The maximum atomic E-state index is 5.78. The molecule has 0 fully saturated rings. The van der Waals surface area contributed by atoms with Crippen molar-refractivity contribution >= 4 is 8.80 Å². The van der Waals surface area contributed by atoms with E-state index in [1.165, 1.54) is 0 Å². The third-order valence-corrected chi connectivity index (χ3v) is 5.72. The van der Waals surface area contributed by atoms with Crippen molar-refractivity contribution in [2.45, 2.75) is 33.2 Å². The summed E-state index contributed by atoms with van der Waals surface area (Å²) >= 11 is 0. The van der Waals surface area contributed by atoms with E-state index in [2.05, 4.69) is 12.2 Å². The lowest BCUT2D eigenvalue weighted by molar-refractivity contribution is 0.0624. The Balaban J connectivity index is 4.54. The van der Waals surface area contributed by atoms with Crippen molar-refractivity contribution in [1.29, 1.82) is 0 Å². The first-order chi connectivity index (χ1) is 7.66. The average molecular weight is 250 g/mol. The first-order valence-corrected chi connectivity index (χ1v) is 7.79. The molecule has 0 aliphatic heterocycles. The van der Waals surface area contributed by atoms with Gasteiger partial charge in [-0.1, -0.05) is 6.92 Å². The molecule has 0 radical (unpaired) electrons. The smallest absolute Gasteiger partial charge is 0.374 e. The first kappa shape index (κ1) is 16.0. The van der Waals surface area contributed by atoms with Gasteiger partial charge in [0.15, 0.2) is 0 Å². The second kappa shape index (κ2) is 9.09. The molecule has 1 unspecified atom stereocenters. The third-order valence-electron chi connectivity index (χ3n) is 2.23. The highest BCUT2D eigenvalue weighted by Gasteiger charge is 2.46. The summed E-state index contributed by atoms with van der Waals surface area (Å²) in [5, 5.41) is 3.10. The molecule has 0 aromatic heterocycles. The molecule has 3 N–H and O–H groups in total. The van der Waals surface area contributed by atoms with Gasteiger partial charge in [-0.25, -0.2) is 0 Å². The van der Waals surface area contributed by atoms with Gasteiger partial charge in [0.05, 0.1) is 0 Å². The van der Waals surface area contributed by atoms with Crippen molar-refractivity contribution in [2.24, 2.45) is 5.73 Å². The molecule has 0 saturated heterocycles. The molecule has 0 aromatic rings. The molecule has 0 heterocycles. The summed E-state index contributed by atoms with van der Waals surface area (Å²) in [6.45, 7) is 11.0. The van der Waals surface area contributed by atoms with Crippen LogP contribution in [-0.4, -0.2) is 41.8 Å². The maximum absolute atomic E-state index is 5.78. The van der Waals surface area contributed by atoms with E-state index >= 15 is 0 Å². The third kappa shape index (κ3) is 4.90. The largest absolute Gasteiger partial charge is 0.505 e.